The number of allylic oxidation sites excluding steroid dienone is 1. The van der Waals surface area contributed by atoms with Crippen molar-refractivity contribution < 1.29 is 28.9 Å². The van der Waals surface area contributed by atoms with Crippen LogP contribution in [0.5, 0.6) is 0 Å². The number of aliphatic hydroxyl groups excluding tert-OH is 1. The quantitative estimate of drug-likeness (QED) is 0.343. The molecule has 1 N–H and O–H groups in total. The maximum Gasteiger partial charge on any atom is 0.338 e. The van der Waals surface area contributed by atoms with Gasteiger partial charge in [-0.1, -0.05) is 18.2 Å². The van der Waals surface area contributed by atoms with Gasteiger partial charge in [0.2, 0.25) is 0 Å². The average Bonchev–Trinajstić information content (AvgIpc) is 3.14. The van der Waals surface area contributed by atoms with Crippen LogP contribution in [0.1, 0.15) is 20.3 Å². The van der Waals surface area contributed by atoms with Gasteiger partial charge >= 0.3 is 11.9 Å². The molecule has 20 heavy (non-hydrogen) atoms. The second-order valence-electron chi connectivity index (χ2n) is 4.86. The first-order valence-corrected chi connectivity index (χ1v) is 6.57. The Hall–Kier alpha value is -1.66. The van der Waals surface area contributed by atoms with Gasteiger partial charge in [0.1, 0.15) is 24.4 Å². The van der Waals surface area contributed by atoms with Gasteiger partial charge in [0.15, 0.2) is 6.10 Å². The van der Waals surface area contributed by atoms with Crippen molar-refractivity contribution in [3.63, 3.8) is 0 Å². The van der Waals surface area contributed by atoms with Crippen molar-refractivity contribution in [2.75, 3.05) is 0 Å². The van der Waals surface area contributed by atoms with E-state index >= 15 is 0 Å². The number of ether oxygens (including phenoxy) is 3. The predicted octanol–water partition coefficient (Wildman–Crippen LogP) is 0.494. The van der Waals surface area contributed by atoms with Crippen molar-refractivity contribution >= 4 is 11.9 Å². The molecule has 0 saturated carbocycles. The number of carbonyl (C=O) groups is 2. The molecular weight excluding hydrogens is 264 g/mol. The summed E-state index contributed by atoms with van der Waals surface area (Å²) in [7, 11) is 0. The zero-order valence-corrected chi connectivity index (χ0v) is 11.4. The molecule has 2 rings (SSSR count). The Morgan fingerprint density at radius 1 is 1.50 bits per heavy atom. The smallest absolute Gasteiger partial charge is 0.338 e. The van der Waals surface area contributed by atoms with E-state index in [2.05, 4.69) is 0 Å². The largest absolute Gasteiger partial charge is 0.461 e. The highest BCUT2D eigenvalue weighted by atomic mass is 16.6. The standard InChI is InChI=1S/C14H18O6/c1-3-4-12(16)19-11-7-8(2)18-14(17)13-10(20-13)6-5-9(11)15/h3-6,8-11,13,15H,7H2,1-2H3/b4-3+,6-5+/t8-,9+,10+,11-,13+/m1/s1. The van der Waals surface area contributed by atoms with E-state index in [1.54, 1.807) is 26.0 Å². The second kappa shape index (κ2) is 6.19. The minimum absolute atomic E-state index is 0.220. The third kappa shape index (κ3) is 3.68. The molecule has 5 atom stereocenters. The fourth-order valence-corrected chi connectivity index (χ4v) is 2.03. The number of esters is 2. The summed E-state index contributed by atoms with van der Waals surface area (Å²) in [6.07, 6.45) is 2.96. The Morgan fingerprint density at radius 3 is 2.95 bits per heavy atom. The van der Waals surface area contributed by atoms with E-state index in [9.17, 15) is 14.7 Å². The lowest BCUT2D eigenvalue weighted by Crippen LogP contribution is -2.35. The zero-order valence-electron chi connectivity index (χ0n) is 11.4. The van der Waals surface area contributed by atoms with Gasteiger partial charge in [-0.15, -0.1) is 0 Å². The van der Waals surface area contributed by atoms with E-state index in [0.29, 0.717) is 0 Å². The van der Waals surface area contributed by atoms with Gasteiger partial charge in [-0.05, 0) is 13.8 Å². The van der Waals surface area contributed by atoms with Crippen LogP contribution < -0.4 is 0 Å². The number of hydrogen-bond acceptors (Lipinski definition) is 6. The summed E-state index contributed by atoms with van der Waals surface area (Å²) in [5, 5.41) is 10.0. The number of fused-ring (bicyclic) bond motifs is 1. The summed E-state index contributed by atoms with van der Waals surface area (Å²) in [5.41, 5.74) is 0. The van der Waals surface area contributed by atoms with Crippen LogP contribution in [0.3, 0.4) is 0 Å². The molecule has 0 aromatic carbocycles. The molecule has 110 valence electrons. The Kier molecular flexibility index (Phi) is 4.57. The first kappa shape index (κ1) is 14.7. The first-order chi connectivity index (χ1) is 9.51. The van der Waals surface area contributed by atoms with Gasteiger partial charge in [-0.25, -0.2) is 9.59 Å². The number of carbonyl (C=O) groups excluding carboxylic acids is 2. The van der Waals surface area contributed by atoms with Crippen molar-refractivity contribution in [3.8, 4) is 0 Å². The van der Waals surface area contributed by atoms with Gasteiger partial charge in [-0.2, -0.15) is 0 Å². The lowest BCUT2D eigenvalue weighted by atomic mass is 10.1. The summed E-state index contributed by atoms with van der Waals surface area (Å²) < 4.78 is 15.5. The van der Waals surface area contributed by atoms with Crippen LogP contribution in [0.2, 0.25) is 0 Å². The highest BCUT2D eigenvalue weighted by Crippen LogP contribution is 2.27. The lowest BCUT2D eigenvalue weighted by molar-refractivity contribution is -0.156. The van der Waals surface area contributed by atoms with Gasteiger partial charge < -0.3 is 19.3 Å². The Balaban J connectivity index is 2.08. The van der Waals surface area contributed by atoms with Crippen LogP contribution in [0.4, 0.5) is 0 Å². The van der Waals surface area contributed by atoms with Gasteiger partial charge in [0.05, 0.1) is 0 Å². The van der Waals surface area contributed by atoms with Gasteiger partial charge in [0.25, 0.3) is 0 Å². The molecular formula is C14H18O6. The third-order valence-corrected chi connectivity index (χ3v) is 3.09. The summed E-state index contributed by atoms with van der Waals surface area (Å²) in [4.78, 5) is 23.1. The van der Waals surface area contributed by atoms with Gasteiger partial charge in [-0.3, -0.25) is 0 Å². The number of epoxide rings is 1. The van der Waals surface area contributed by atoms with Crippen LogP contribution in [0.15, 0.2) is 24.3 Å². The molecule has 0 bridgehead atoms. The van der Waals surface area contributed by atoms with Crippen LogP contribution in [0, 0.1) is 0 Å². The average molecular weight is 282 g/mol. The van der Waals surface area contributed by atoms with Crippen LogP contribution in [0.25, 0.3) is 0 Å². The van der Waals surface area contributed by atoms with Crippen molar-refractivity contribution in [2.45, 2.75) is 50.8 Å². The number of hydrogen-bond donors (Lipinski definition) is 1. The van der Waals surface area contributed by atoms with E-state index in [1.165, 1.54) is 12.2 Å². The monoisotopic (exact) mass is 282 g/mol. The zero-order chi connectivity index (χ0) is 14.7. The number of cyclic esters (lactones) is 1. The second-order valence-corrected chi connectivity index (χ2v) is 4.86. The molecule has 0 aromatic heterocycles. The maximum absolute atomic E-state index is 11.6. The topological polar surface area (TPSA) is 85.4 Å². The molecule has 2 aliphatic rings. The minimum atomic E-state index is -0.965. The SMILES string of the molecule is C/C=C/C(=O)O[C@@H]1C[C@@H](C)OC(=O)[C@H]2O[C@H]2/C=C/[C@@H]1O. The highest BCUT2D eigenvalue weighted by molar-refractivity contribution is 5.82. The van der Waals surface area contributed by atoms with Gasteiger partial charge in [0, 0.05) is 12.5 Å². The highest BCUT2D eigenvalue weighted by Gasteiger charge is 2.46. The normalized spacial score (nSPS) is 38.8. The molecule has 6 nitrogen and oxygen atoms in total. The van der Waals surface area contributed by atoms with E-state index in [1.807, 2.05) is 0 Å². The summed E-state index contributed by atoms with van der Waals surface area (Å²) in [5.74, 6) is -0.969. The Morgan fingerprint density at radius 2 is 2.25 bits per heavy atom. The predicted molar refractivity (Wildman–Crippen MR) is 68.7 cm³/mol. The van der Waals surface area contributed by atoms with E-state index in [4.69, 9.17) is 14.2 Å². The molecule has 0 amide bonds. The molecule has 0 unspecified atom stereocenters. The van der Waals surface area contributed by atoms with Crippen LogP contribution in [-0.2, 0) is 23.8 Å². The van der Waals surface area contributed by atoms with E-state index in [0.717, 1.165) is 0 Å². The molecule has 1 saturated heterocycles. The molecule has 6 heteroatoms. The van der Waals surface area contributed by atoms with Crippen molar-refractivity contribution in [1.29, 1.82) is 0 Å². The third-order valence-electron chi connectivity index (χ3n) is 3.09. The Bertz CT molecular complexity index is 441. The fraction of sp³-hybridized carbons (Fsp3) is 0.571. The van der Waals surface area contributed by atoms with Crippen molar-refractivity contribution in [2.24, 2.45) is 0 Å². The van der Waals surface area contributed by atoms with E-state index in [-0.39, 0.29) is 12.5 Å². The first-order valence-electron chi connectivity index (χ1n) is 6.57. The fourth-order valence-electron chi connectivity index (χ4n) is 2.03. The number of aliphatic hydroxyl groups is 1. The molecule has 2 aliphatic heterocycles. The minimum Gasteiger partial charge on any atom is -0.461 e. The summed E-state index contributed by atoms with van der Waals surface area (Å²) >= 11 is 0. The molecule has 0 spiro atoms. The Labute approximate surface area is 117 Å². The molecule has 0 aliphatic carbocycles. The molecule has 1 fully saturated rings. The van der Waals surface area contributed by atoms with Crippen molar-refractivity contribution in [1.82, 2.24) is 0 Å². The van der Waals surface area contributed by atoms with Crippen LogP contribution in [-0.4, -0.2) is 47.6 Å². The number of rotatable bonds is 2. The van der Waals surface area contributed by atoms with Crippen LogP contribution >= 0.6 is 0 Å². The maximum atomic E-state index is 11.6. The van der Waals surface area contributed by atoms with Crippen molar-refractivity contribution in [3.05, 3.63) is 24.3 Å². The summed E-state index contributed by atoms with van der Waals surface area (Å²) in [6.45, 7) is 3.38. The van der Waals surface area contributed by atoms with E-state index < -0.39 is 36.4 Å². The summed E-state index contributed by atoms with van der Waals surface area (Å²) in [6, 6.07) is 0. The molecule has 0 radical (unpaired) electrons. The molecule has 2 heterocycles. The lowest BCUT2D eigenvalue weighted by Gasteiger charge is -2.24. The molecule has 0 aromatic rings.